The largest absolute Gasteiger partial charge is 0.459 e. The molecule has 12 nitrogen and oxygen atoms in total. The van der Waals surface area contributed by atoms with E-state index in [1.54, 1.807) is 48.5 Å². The number of nitrogens with zero attached hydrogens (tertiary/aromatic N) is 1. The number of aliphatic hydroxyl groups is 1. The summed E-state index contributed by atoms with van der Waals surface area (Å²) in [7, 11) is -4.43. The van der Waals surface area contributed by atoms with Gasteiger partial charge in [0.25, 0.3) is 5.56 Å². The molecule has 5 rings (SSSR count). The molecule has 0 radical (unpaired) electrons. The number of aromatic nitrogens is 2. The lowest BCUT2D eigenvalue weighted by molar-refractivity contribution is -0.151. The van der Waals surface area contributed by atoms with Crippen molar-refractivity contribution < 1.29 is 37.4 Å². The Hall–Kier alpha value is -4.13. The highest BCUT2D eigenvalue weighted by Crippen LogP contribution is 2.48. The molecule has 1 saturated heterocycles. The Kier molecular flexibility index (Phi) is 9.14. The molecule has 44 heavy (non-hydrogen) atoms. The molecule has 0 saturated carbocycles. The summed E-state index contributed by atoms with van der Waals surface area (Å²) in [5, 5.41) is 14.8. The minimum Gasteiger partial charge on any atom is -0.459 e. The summed E-state index contributed by atoms with van der Waals surface area (Å²) in [4.78, 5) is 38.6. The average Bonchev–Trinajstić information content (AvgIpc) is 3.37. The Morgan fingerprint density at radius 2 is 1.82 bits per heavy atom. The summed E-state index contributed by atoms with van der Waals surface area (Å²) in [6, 6.07) is 21.4. The number of fused-ring (bicyclic) bond motifs is 1. The molecular weight excluding hydrogens is 596 g/mol. The van der Waals surface area contributed by atoms with E-state index in [1.165, 1.54) is 13.8 Å². The third-order valence-electron chi connectivity index (χ3n) is 6.96. The van der Waals surface area contributed by atoms with Crippen LogP contribution < -0.4 is 20.9 Å². The Morgan fingerprint density at radius 3 is 2.59 bits per heavy atom. The molecular formula is C30H31FN3O9P. The zero-order valence-corrected chi connectivity index (χ0v) is 24.7. The molecule has 3 aromatic carbocycles. The number of carbonyl (C=O) groups is 1. The number of H-pyrrole nitrogens is 1. The highest BCUT2D eigenvalue weighted by atomic mass is 31.2. The number of carbonyl (C=O) groups excluding carboxylic acids is 1. The van der Waals surface area contributed by atoms with Crippen LogP contribution in [0.4, 0.5) is 4.39 Å². The maximum atomic E-state index is 14.3. The van der Waals surface area contributed by atoms with E-state index in [9.17, 15) is 28.4 Å². The average molecular weight is 628 g/mol. The number of hydrogen-bond acceptors (Lipinski definition) is 9. The third kappa shape index (κ3) is 7.15. The summed E-state index contributed by atoms with van der Waals surface area (Å²) in [5.74, 6) is -1.74. The van der Waals surface area contributed by atoms with E-state index in [4.69, 9.17) is 18.5 Å². The maximum Gasteiger partial charge on any atom is 0.459 e. The van der Waals surface area contributed by atoms with Crippen LogP contribution in [0.1, 0.15) is 32.1 Å². The summed E-state index contributed by atoms with van der Waals surface area (Å²) in [5.41, 5.74) is -2.94. The maximum absolute atomic E-state index is 14.3. The van der Waals surface area contributed by atoms with Crippen LogP contribution in [-0.2, 0) is 30.0 Å². The van der Waals surface area contributed by atoms with Crippen molar-refractivity contribution in [2.75, 3.05) is 6.61 Å². The quantitative estimate of drug-likeness (QED) is 0.165. The predicted octanol–water partition coefficient (Wildman–Crippen LogP) is 3.79. The summed E-state index contributed by atoms with van der Waals surface area (Å²) in [6.45, 7) is 2.38. The lowest BCUT2D eigenvalue weighted by Gasteiger charge is -2.30. The molecule has 1 aliphatic heterocycles. The van der Waals surface area contributed by atoms with Gasteiger partial charge in [-0.25, -0.2) is 9.36 Å². The number of ether oxygens (including phenoxy) is 2. The molecule has 1 fully saturated rings. The molecule has 1 aromatic heterocycles. The monoisotopic (exact) mass is 627 g/mol. The minimum absolute atomic E-state index is 0.0195. The van der Waals surface area contributed by atoms with Crippen LogP contribution in [0, 0.1) is 5.82 Å². The molecule has 4 atom stereocenters. The molecule has 2 heterocycles. The number of benzene rings is 3. The van der Waals surface area contributed by atoms with Crippen molar-refractivity contribution in [2.45, 2.75) is 50.8 Å². The zero-order chi connectivity index (χ0) is 31.5. The summed E-state index contributed by atoms with van der Waals surface area (Å²) >= 11 is 0. The lowest BCUT2D eigenvalue weighted by atomic mass is 10.1. The molecule has 232 valence electrons. The smallest absolute Gasteiger partial charge is 0.459 e. The second-order valence-electron chi connectivity index (χ2n) is 10.7. The third-order valence-corrected chi connectivity index (χ3v) is 8.71. The molecule has 1 aliphatic rings. The van der Waals surface area contributed by atoms with Gasteiger partial charge in [0.05, 0.1) is 18.9 Å². The molecule has 3 N–H and O–H groups in total. The standard InChI is InChI=1S/C30H31FN3O9P/c1-30(2,28(37)40-17-19-9-4-3-5-10-19)33-44(39,43-24-14-8-12-20-11-6-7-13-21(20)24)41-18-25-23(35)15-26(42-25)34-16-22(31)27(36)32-29(34)38/h3-14,16,23,25-26,35H,15,17-18H2,1-2H3,(H,33,39)(H,32,36,38)/t23-,25-,26-,44?/m1/s1. The van der Waals surface area contributed by atoms with E-state index in [-0.39, 0.29) is 18.8 Å². The van der Waals surface area contributed by atoms with Gasteiger partial charge in [-0.2, -0.15) is 9.48 Å². The van der Waals surface area contributed by atoms with Gasteiger partial charge in [-0.3, -0.25) is 23.7 Å². The number of hydrogen-bond donors (Lipinski definition) is 3. The Morgan fingerprint density at radius 1 is 1.11 bits per heavy atom. The van der Waals surface area contributed by atoms with Gasteiger partial charge < -0.3 is 19.1 Å². The zero-order valence-electron chi connectivity index (χ0n) is 23.8. The van der Waals surface area contributed by atoms with Crippen molar-refractivity contribution in [3.8, 4) is 5.75 Å². The number of aromatic amines is 1. The van der Waals surface area contributed by atoms with Gasteiger partial charge in [-0.15, -0.1) is 0 Å². The summed E-state index contributed by atoms with van der Waals surface area (Å²) < 4.78 is 51.9. The van der Waals surface area contributed by atoms with Crippen LogP contribution >= 0.6 is 7.75 Å². The normalized spacial score (nSPS) is 19.9. The molecule has 0 spiro atoms. The van der Waals surface area contributed by atoms with Crippen LogP contribution in [0.25, 0.3) is 10.8 Å². The highest BCUT2D eigenvalue weighted by molar-refractivity contribution is 7.52. The first-order valence-corrected chi connectivity index (χ1v) is 15.3. The number of esters is 1. The van der Waals surface area contributed by atoms with Gasteiger partial charge in [0.15, 0.2) is 0 Å². The number of aliphatic hydroxyl groups excluding tert-OH is 1. The minimum atomic E-state index is -4.43. The predicted molar refractivity (Wildman–Crippen MR) is 157 cm³/mol. The SMILES string of the molecule is CC(C)(NP(=O)(OC[C@H]1O[C@@H](n2cc(F)c(=O)[nH]c2=O)C[C@H]1O)Oc1cccc2ccccc12)C(=O)OCc1ccccc1. The van der Waals surface area contributed by atoms with Crippen LogP contribution in [0.3, 0.4) is 0 Å². The van der Waals surface area contributed by atoms with Crippen molar-refractivity contribution in [1.82, 2.24) is 14.6 Å². The lowest BCUT2D eigenvalue weighted by Crippen LogP contribution is -2.47. The van der Waals surface area contributed by atoms with Gasteiger partial charge in [-0.05, 0) is 30.9 Å². The molecule has 0 amide bonds. The van der Waals surface area contributed by atoms with E-state index in [0.29, 0.717) is 11.6 Å². The highest BCUT2D eigenvalue weighted by Gasteiger charge is 2.43. The number of halogens is 1. The van der Waals surface area contributed by atoms with Crippen LogP contribution in [0.15, 0.2) is 88.6 Å². The van der Waals surface area contributed by atoms with Crippen molar-refractivity contribution in [3.63, 3.8) is 0 Å². The first-order valence-electron chi connectivity index (χ1n) is 13.7. The van der Waals surface area contributed by atoms with Crippen molar-refractivity contribution in [1.29, 1.82) is 0 Å². The van der Waals surface area contributed by atoms with Gasteiger partial charge in [-0.1, -0.05) is 66.7 Å². The molecule has 1 unspecified atom stereocenters. The molecule has 0 bridgehead atoms. The van der Waals surface area contributed by atoms with E-state index >= 15 is 0 Å². The van der Waals surface area contributed by atoms with Gasteiger partial charge in [0.2, 0.25) is 5.82 Å². The fourth-order valence-corrected chi connectivity index (χ4v) is 6.36. The summed E-state index contributed by atoms with van der Waals surface area (Å²) in [6.07, 6.45) is -2.98. The van der Waals surface area contributed by atoms with E-state index in [2.05, 4.69) is 5.09 Å². The van der Waals surface area contributed by atoms with Crippen molar-refractivity contribution in [3.05, 3.63) is 111 Å². The van der Waals surface area contributed by atoms with Crippen LogP contribution in [0.2, 0.25) is 0 Å². The Balaban J connectivity index is 1.36. The fourth-order valence-electron chi connectivity index (χ4n) is 4.66. The Labute approximate surface area is 250 Å². The van der Waals surface area contributed by atoms with E-state index in [0.717, 1.165) is 15.5 Å². The van der Waals surface area contributed by atoms with E-state index < -0.39 is 61.4 Å². The number of rotatable bonds is 11. The number of nitrogens with one attached hydrogen (secondary N) is 2. The van der Waals surface area contributed by atoms with Crippen LogP contribution in [0.5, 0.6) is 5.75 Å². The molecule has 0 aliphatic carbocycles. The topological polar surface area (TPSA) is 158 Å². The molecule has 4 aromatic rings. The fraction of sp³-hybridized carbons (Fsp3) is 0.300. The second-order valence-corrected chi connectivity index (χ2v) is 12.4. The van der Waals surface area contributed by atoms with Crippen molar-refractivity contribution >= 4 is 24.5 Å². The van der Waals surface area contributed by atoms with E-state index in [1.807, 2.05) is 29.2 Å². The van der Waals surface area contributed by atoms with Crippen molar-refractivity contribution in [2.24, 2.45) is 0 Å². The Bertz CT molecular complexity index is 1810. The van der Waals surface area contributed by atoms with Gasteiger partial charge >= 0.3 is 19.4 Å². The second kappa shape index (κ2) is 12.8. The van der Waals surface area contributed by atoms with Crippen LogP contribution in [-0.4, -0.2) is 45.0 Å². The first-order chi connectivity index (χ1) is 20.9. The molecule has 14 heteroatoms. The first kappa shape index (κ1) is 31.3. The van der Waals surface area contributed by atoms with Gasteiger partial charge in [0.1, 0.15) is 30.2 Å². The van der Waals surface area contributed by atoms with Gasteiger partial charge in [0, 0.05) is 11.8 Å².